The minimum absolute atomic E-state index is 0.447. The van der Waals surface area contributed by atoms with Gasteiger partial charge in [-0.1, -0.05) is 35.9 Å². The summed E-state index contributed by atoms with van der Waals surface area (Å²) in [5.74, 6) is 0.683. The van der Waals surface area contributed by atoms with Crippen LogP contribution in [-0.2, 0) is 6.42 Å². The molecule has 16 heavy (non-hydrogen) atoms. The molecule has 2 aromatic rings. The van der Waals surface area contributed by atoms with E-state index in [1.807, 2.05) is 12.1 Å². The quantitative estimate of drug-likeness (QED) is 0.584. The first kappa shape index (κ1) is 10.6. The molecule has 0 saturated carbocycles. The zero-order valence-electron chi connectivity index (χ0n) is 8.39. The van der Waals surface area contributed by atoms with Gasteiger partial charge in [-0.2, -0.15) is 0 Å². The highest BCUT2D eigenvalue weighted by molar-refractivity contribution is 6.29. The van der Waals surface area contributed by atoms with Gasteiger partial charge in [0.25, 0.3) is 0 Å². The first-order chi connectivity index (χ1) is 7.78. The van der Waals surface area contributed by atoms with E-state index in [9.17, 15) is 0 Å². The highest BCUT2D eigenvalue weighted by Gasteiger charge is 2.00. The molecular weight excluding hydrogens is 222 g/mol. The monoisotopic (exact) mass is 229 g/mol. The molecule has 0 aliphatic heterocycles. The average molecular weight is 230 g/mol. The van der Waals surface area contributed by atoms with Gasteiger partial charge < -0.3 is 0 Å². The standard InChI is InChI=1S/C12H8ClN3/c1-14-10-4-2-9(3-5-10)8-12-15-7-6-11(13)16-12/h2-7H,8H2. The number of hydrogen-bond acceptors (Lipinski definition) is 2. The average Bonchev–Trinajstić information content (AvgIpc) is 2.30. The molecule has 1 heterocycles. The van der Waals surface area contributed by atoms with Crippen LogP contribution in [0, 0.1) is 6.57 Å². The number of benzene rings is 1. The highest BCUT2D eigenvalue weighted by Crippen LogP contribution is 2.14. The summed E-state index contributed by atoms with van der Waals surface area (Å²) in [5.41, 5.74) is 1.70. The normalized spacial score (nSPS) is 9.75. The predicted molar refractivity (Wildman–Crippen MR) is 62.6 cm³/mol. The van der Waals surface area contributed by atoms with E-state index in [4.69, 9.17) is 18.2 Å². The summed E-state index contributed by atoms with van der Waals surface area (Å²) >= 11 is 5.77. The van der Waals surface area contributed by atoms with Crippen LogP contribution in [0.3, 0.4) is 0 Å². The molecule has 0 aliphatic rings. The second kappa shape index (κ2) is 4.73. The van der Waals surface area contributed by atoms with E-state index in [1.165, 1.54) is 0 Å². The van der Waals surface area contributed by atoms with Crippen LogP contribution >= 0.6 is 11.6 Å². The molecule has 3 nitrogen and oxygen atoms in total. The van der Waals surface area contributed by atoms with Gasteiger partial charge in [0.2, 0.25) is 0 Å². The summed E-state index contributed by atoms with van der Waals surface area (Å²) in [7, 11) is 0. The maximum absolute atomic E-state index is 6.85. The molecule has 1 aromatic carbocycles. The fourth-order valence-corrected chi connectivity index (χ4v) is 1.48. The number of nitrogens with zero attached hydrogens (tertiary/aromatic N) is 3. The van der Waals surface area contributed by atoms with Gasteiger partial charge in [0.05, 0.1) is 6.57 Å². The number of hydrogen-bond donors (Lipinski definition) is 0. The van der Waals surface area contributed by atoms with Crippen molar-refractivity contribution in [3.8, 4) is 0 Å². The van der Waals surface area contributed by atoms with Gasteiger partial charge in [-0.15, -0.1) is 0 Å². The molecule has 0 amide bonds. The summed E-state index contributed by atoms with van der Waals surface area (Å²) in [6.07, 6.45) is 2.26. The molecule has 0 saturated heterocycles. The second-order valence-corrected chi connectivity index (χ2v) is 3.64. The lowest BCUT2D eigenvalue weighted by Crippen LogP contribution is -1.95. The summed E-state index contributed by atoms with van der Waals surface area (Å²) in [6, 6.07) is 9.02. The van der Waals surface area contributed by atoms with Gasteiger partial charge in [-0.05, 0) is 11.6 Å². The zero-order valence-corrected chi connectivity index (χ0v) is 9.15. The van der Waals surface area contributed by atoms with Gasteiger partial charge in [0.1, 0.15) is 11.0 Å². The predicted octanol–water partition coefficient (Wildman–Crippen LogP) is 3.27. The van der Waals surface area contributed by atoms with Crippen molar-refractivity contribution in [3.05, 3.63) is 64.5 Å². The van der Waals surface area contributed by atoms with E-state index in [0.29, 0.717) is 23.1 Å². The Morgan fingerprint density at radius 1 is 1.19 bits per heavy atom. The fraction of sp³-hybridized carbons (Fsp3) is 0.0833. The number of halogens is 1. The number of aromatic nitrogens is 2. The van der Waals surface area contributed by atoms with Gasteiger partial charge in [0, 0.05) is 12.6 Å². The van der Waals surface area contributed by atoms with Gasteiger partial charge >= 0.3 is 0 Å². The van der Waals surface area contributed by atoms with E-state index < -0.39 is 0 Å². The van der Waals surface area contributed by atoms with E-state index in [1.54, 1.807) is 24.4 Å². The van der Waals surface area contributed by atoms with Gasteiger partial charge in [0.15, 0.2) is 5.69 Å². The molecule has 0 aliphatic carbocycles. The van der Waals surface area contributed by atoms with E-state index in [-0.39, 0.29) is 0 Å². The Kier molecular flexibility index (Phi) is 3.13. The van der Waals surface area contributed by atoms with Crippen LogP contribution < -0.4 is 0 Å². The molecule has 0 spiro atoms. The van der Waals surface area contributed by atoms with Crippen LogP contribution in [0.5, 0.6) is 0 Å². The zero-order chi connectivity index (χ0) is 11.4. The maximum Gasteiger partial charge on any atom is 0.187 e. The Morgan fingerprint density at radius 3 is 2.56 bits per heavy atom. The van der Waals surface area contributed by atoms with Crippen LogP contribution in [0.2, 0.25) is 5.15 Å². The third kappa shape index (κ3) is 2.56. The topological polar surface area (TPSA) is 30.1 Å². The largest absolute Gasteiger partial charge is 0.241 e. The first-order valence-corrected chi connectivity index (χ1v) is 5.09. The molecule has 2 rings (SSSR count). The Bertz CT molecular complexity index is 529. The van der Waals surface area contributed by atoms with Crippen molar-refractivity contribution in [3.63, 3.8) is 0 Å². The summed E-state index contributed by atoms with van der Waals surface area (Å²) < 4.78 is 0. The van der Waals surface area contributed by atoms with Crippen molar-refractivity contribution in [2.75, 3.05) is 0 Å². The lowest BCUT2D eigenvalue weighted by atomic mass is 10.1. The smallest absolute Gasteiger partial charge is 0.187 e. The lowest BCUT2D eigenvalue weighted by Gasteiger charge is -2.00. The molecule has 0 atom stereocenters. The van der Waals surface area contributed by atoms with Crippen LogP contribution in [0.15, 0.2) is 36.5 Å². The molecule has 0 unspecified atom stereocenters. The molecule has 4 heteroatoms. The molecule has 78 valence electrons. The Labute approximate surface area is 98.6 Å². The van der Waals surface area contributed by atoms with Crippen molar-refractivity contribution in [1.82, 2.24) is 9.97 Å². The SMILES string of the molecule is [C-]#[N+]c1ccc(Cc2nccc(Cl)n2)cc1. The van der Waals surface area contributed by atoms with Crippen molar-refractivity contribution < 1.29 is 0 Å². The number of rotatable bonds is 2. The van der Waals surface area contributed by atoms with Crippen molar-refractivity contribution in [1.29, 1.82) is 0 Å². The molecule has 1 aromatic heterocycles. The minimum Gasteiger partial charge on any atom is -0.241 e. The van der Waals surface area contributed by atoms with Gasteiger partial charge in [-0.25, -0.2) is 14.8 Å². The lowest BCUT2D eigenvalue weighted by molar-refractivity contribution is 0.968. The van der Waals surface area contributed by atoms with Crippen molar-refractivity contribution >= 4 is 17.3 Å². The Balaban J connectivity index is 2.18. The van der Waals surface area contributed by atoms with Crippen molar-refractivity contribution in [2.24, 2.45) is 0 Å². The third-order valence-corrected chi connectivity index (χ3v) is 2.31. The molecule has 0 fully saturated rings. The fourth-order valence-electron chi connectivity index (χ4n) is 1.33. The highest BCUT2D eigenvalue weighted by atomic mass is 35.5. The molecular formula is C12H8ClN3. The van der Waals surface area contributed by atoms with E-state index >= 15 is 0 Å². The summed E-state index contributed by atoms with van der Waals surface area (Å²) in [6.45, 7) is 6.85. The maximum atomic E-state index is 6.85. The van der Waals surface area contributed by atoms with Crippen LogP contribution in [0.1, 0.15) is 11.4 Å². The second-order valence-electron chi connectivity index (χ2n) is 3.25. The summed E-state index contributed by atoms with van der Waals surface area (Å²) in [4.78, 5) is 11.6. The first-order valence-electron chi connectivity index (χ1n) is 4.72. The molecule has 0 bridgehead atoms. The van der Waals surface area contributed by atoms with E-state index in [0.717, 1.165) is 5.56 Å². The third-order valence-electron chi connectivity index (χ3n) is 2.10. The molecule has 0 N–H and O–H groups in total. The van der Waals surface area contributed by atoms with Crippen molar-refractivity contribution in [2.45, 2.75) is 6.42 Å². The van der Waals surface area contributed by atoms with Gasteiger partial charge in [-0.3, -0.25) is 0 Å². The van der Waals surface area contributed by atoms with Crippen LogP contribution in [0.4, 0.5) is 5.69 Å². The minimum atomic E-state index is 0.447. The molecule has 0 radical (unpaired) electrons. The van der Waals surface area contributed by atoms with E-state index in [2.05, 4.69) is 14.8 Å². The Morgan fingerprint density at radius 2 is 1.94 bits per heavy atom. The van der Waals surface area contributed by atoms with Crippen LogP contribution in [0.25, 0.3) is 4.85 Å². The summed E-state index contributed by atoms with van der Waals surface area (Å²) in [5, 5.41) is 0.447. The van der Waals surface area contributed by atoms with Crippen LogP contribution in [-0.4, -0.2) is 9.97 Å². The Hall–Kier alpha value is -1.92.